The zero-order chi connectivity index (χ0) is 17.4. The van der Waals surface area contributed by atoms with Gasteiger partial charge in [-0.25, -0.2) is 9.78 Å². The Morgan fingerprint density at radius 2 is 2.04 bits per heavy atom. The summed E-state index contributed by atoms with van der Waals surface area (Å²) in [6.07, 6.45) is 2.60. The Balaban J connectivity index is 2.35. The van der Waals surface area contributed by atoms with Crippen LogP contribution < -0.4 is 0 Å². The zero-order valence-corrected chi connectivity index (χ0v) is 14.9. The highest BCUT2D eigenvalue weighted by molar-refractivity contribution is 5.85. The first-order valence-corrected chi connectivity index (χ1v) is 8.06. The highest BCUT2D eigenvalue weighted by Crippen LogP contribution is 2.28. The SMILES string of the molecule is COC(=O)C1Cc2ncn(C(C)C)c2CN1C(=O)CC(C)(C)C. The Bertz CT molecular complexity index is 599. The van der Waals surface area contributed by atoms with Gasteiger partial charge >= 0.3 is 5.97 Å². The number of fused-ring (bicyclic) bond motifs is 1. The van der Waals surface area contributed by atoms with Gasteiger partial charge in [-0.2, -0.15) is 0 Å². The number of carbonyl (C=O) groups is 2. The van der Waals surface area contributed by atoms with E-state index < -0.39 is 6.04 Å². The first-order chi connectivity index (χ1) is 10.6. The lowest BCUT2D eigenvalue weighted by atomic mass is 9.90. The maximum atomic E-state index is 12.7. The number of hydrogen-bond donors (Lipinski definition) is 0. The lowest BCUT2D eigenvalue weighted by Crippen LogP contribution is -2.50. The number of carbonyl (C=O) groups excluding carboxylic acids is 2. The zero-order valence-electron chi connectivity index (χ0n) is 14.9. The van der Waals surface area contributed by atoms with Crippen molar-refractivity contribution >= 4 is 11.9 Å². The minimum atomic E-state index is -0.585. The van der Waals surface area contributed by atoms with Crippen LogP contribution in [0.1, 0.15) is 58.5 Å². The molecule has 0 bridgehead atoms. The molecule has 0 aliphatic carbocycles. The van der Waals surface area contributed by atoms with E-state index in [1.807, 2.05) is 20.8 Å². The average molecular weight is 321 g/mol. The molecule has 0 saturated carbocycles. The van der Waals surface area contributed by atoms with Crippen LogP contribution in [0, 0.1) is 5.41 Å². The van der Waals surface area contributed by atoms with Gasteiger partial charge in [-0.1, -0.05) is 20.8 Å². The topological polar surface area (TPSA) is 64.4 Å². The molecule has 1 aliphatic rings. The number of esters is 1. The summed E-state index contributed by atoms with van der Waals surface area (Å²) < 4.78 is 6.97. The highest BCUT2D eigenvalue weighted by Gasteiger charge is 2.38. The molecule has 23 heavy (non-hydrogen) atoms. The van der Waals surface area contributed by atoms with Crippen molar-refractivity contribution in [3.05, 3.63) is 17.7 Å². The maximum absolute atomic E-state index is 12.7. The molecular weight excluding hydrogens is 294 g/mol. The smallest absolute Gasteiger partial charge is 0.329 e. The first kappa shape index (κ1) is 17.5. The van der Waals surface area contributed by atoms with Gasteiger partial charge in [0.15, 0.2) is 0 Å². The van der Waals surface area contributed by atoms with E-state index in [0.29, 0.717) is 19.4 Å². The molecule has 1 aromatic heterocycles. The Morgan fingerprint density at radius 1 is 1.39 bits per heavy atom. The molecule has 1 amide bonds. The molecular formula is C17H27N3O3. The van der Waals surface area contributed by atoms with E-state index in [-0.39, 0.29) is 23.3 Å². The second-order valence-corrected chi connectivity index (χ2v) is 7.64. The summed E-state index contributed by atoms with van der Waals surface area (Å²) >= 11 is 0. The van der Waals surface area contributed by atoms with E-state index in [1.165, 1.54) is 7.11 Å². The minimum Gasteiger partial charge on any atom is -0.467 e. The van der Waals surface area contributed by atoms with Crippen molar-refractivity contribution in [3.63, 3.8) is 0 Å². The van der Waals surface area contributed by atoms with Crippen molar-refractivity contribution in [2.24, 2.45) is 5.41 Å². The molecule has 0 radical (unpaired) electrons. The van der Waals surface area contributed by atoms with Crippen LogP contribution in [0.5, 0.6) is 0 Å². The third-order valence-electron chi connectivity index (χ3n) is 4.10. The Morgan fingerprint density at radius 3 is 2.57 bits per heavy atom. The van der Waals surface area contributed by atoms with Crippen LogP contribution in [-0.4, -0.2) is 39.5 Å². The van der Waals surface area contributed by atoms with Crippen LogP contribution in [0.25, 0.3) is 0 Å². The molecule has 0 fully saturated rings. The molecule has 1 aromatic rings. The number of methoxy groups -OCH3 is 1. The number of rotatable bonds is 3. The third-order valence-corrected chi connectivity index (χ3v) is 4.10. The van der Waals surface area contributed by atoms with Crippen molar-refractivity contribution in [2.45, 2.75) is 66.1 Å². The van der Waals surface area contributed by atoms with Gasteiger partial charge in [-0.15, -0.1) is 0 Å². The second kappa shape index (κ2) is 6.34. The van der Waals surface area contributed by atoms with E-state index in [4.69, 9.17) is 4.74 Å². The van der Waals surface area contributed by atoms with Gasteiger partial charge in [-0.05, 0) is 19.3 Å². The summed E-state index contributed by atoms with van der Waals surface area (Å²) in [6, 6.07) is -0.321. The maximum Gasteiger partial charge on any atom is 0.329 e. The standard InChI is InChI=1S/C17H27N3O3/c1-11(2)20-10-18-12-7-13(16(22)23-6)19(9-14(12)20)15(21)8-17(3,4)5/h10-11,13H,7-9H2,1-6H3. The Hall–Kier alpha value is -1.85. The van der Waals surface area contributed by atoms with E-state index in [2.05, 4.69) is 23.4 Å². The van der Waals surface area contributed by atoms with Gasteiger partial charge in [-0.3, -0.25) is 4.79 Å². The lowest BCUT2D eigenvalue weighted by molar-refractivity contribution is -0.154. The number of nitrogens with zero attached hydrogens (tertiary/aromatic N) is 3. The largest absolute Gasteiger partial charge is 0.467 e. The predicted octanol–water partition coefficient (Wildman–Crippen LogP) is 2.33. The quantitative estimate of drug-likeness (QED) is 0.802. The summed E-state index contributed by atoms with van der Waals surface area (Å²) in [5.74, 6) is -0.396. The molecule has 1 aliphatic heterocycles. The fourth-order valence-corrected chi connectivity index (χ4v) is 2.94. The number of ether oxygens (including phenoxy) is 1. The molecule has 0 aromatic carbocycles. The average Bonchev–Trinajstić information content (AvgIpc) is 2.86. The summed E-state index contributed by atoms with van der Waals surface area (Å²) in [7, 11) is 1.36. The molecule has 0 N–H and O–H groups in total. The summed E-state index contributed by atoms with van der Waals surface area (Å²) in [5, 5.41) is 0. The van der Waals surface area contributed by atoms with Crippen molar-refractivity contribution in [1.82, 2.24) is 14.5 Å². The molecule has 1 atom stereocenters. The second-order valence-electron chi connectivity index (χ2n) is 7.64. The minimum absolute atomic E-state index is 0.0185. The molecule has 0 spiro atoms. The van der Waals surface area contributed by atoms with Crippen LogP contribution in [0.4, 0.5) is 0 Å². The van der Waals surface area contributed by atoms with Crippen molar-refractivity contribution < 1.29 is 14.3 Å². The summed E-state index contributed by atoms with van der Waals surface area (Å²) in [5.41, 5.74) is 1.77. The van der Waals surface area contributed by atoms with E-state index >= 15 is 0 Å². The lowest BCUT2D eigenvalue weighted by Gasteiger charge is -2.35. The van der Waals surface area contributed by atoms with Crippen molar-refractivity contribution in [3.8, 4) is 0 Å². The van der Waals surface area contributed by atoms with Crippen molar-refractivity contribution in [1.29, 1.82) is 0 Å². The van der Waals surface area contributed by atoms with Gasteiger partial charge in [0.2, 0.25) is 5.91 Å². The fourth-order valence-electron chi connectivity index (χ4n) is 2.94. The number of hydrogen-bond acceptors (Lipinski definition) is 4. The van der Waals surface area contributed by atoms with Gasteiger partial charge in [0.1, 0.15) is 6.04 Å². The molecule has 2 rings (SSSR count). The third kappa shape index (κ3) is 3.74. The van der Waals surface area contributed by atoms with Crippen LogP contribution in [-0.2, 0) is 27.3 Å². The van der Waals surface area contributed by atoms with Crippen LogP contribution in [0.3, 0.4) is 0 Å². The summed E-state index contributed by atoms with van der Waals surface area (Å²) in [4.78, 5) is 31.0. The molecule has 6 heteroatoms. The number of imidazole rings is 1. The Kier molecular flexibility index (Phi) is 4.82. The van der Waals surface area contributed by atoms with Crippen molar-refractivity contribution in [2.75, 3.05) is 7.11 Å². The first-order valence-electron chi connectivity index (χ1n) is 8.06. The normalized spacial score (nSPS) is 18.0. The molecule has 0 saturated heterocycles. The monoisotopic (exact) mass is 321 g/mol. The van der Waals surface area contributed by atoms with Gasteiger partial charge in [0.05, 0.1) is 31.4 Å². The van der Waals surface area contributed by atoms with E-state index in [9.17, 15) is 9.59 Å². The Labute approximate surface area is 137 Å². The number of aromatic nitrogens is 2. The van der Waals surface area contributed by atoms with Crippen LogP contribution >= 0.6 is 0 Å². The molecule has 2 heterocycles. The van der Waals surface area contributed by atoms with Crippen LogP contribution in [0.15, 0.2) is 6.33 Å². The molecule has 128 valence electrons. The highest BCUT2D eigenvalue weighted by atomic mass is 16.5. The summed E-state index contributed by atoms with van der Waals surface area (Å²) in [6.45, 7) is 10.6. The van der Waals surface area contributed by atoms with Gasteiger partial charge in [0, 0.05) is 18.9 Å². The van der Waals surface area contributed by atoms with Crippen LogP contribution in [0.2, 0.25) is 0 Å². The fraction of sp³-hybridized carbons (Fsp3) is 0.706. The number of amides is 1. The van der Waals surface area contributed by atoms with E-state index in [1.54, 1.807) is 11.2 Å². The predicted molar refractivity (Wildman–Crippen MR) is 86.7 cm³/mol. The van der Waals surface area contributed by atoms with E-state index in [0.717, 1.165) is 11.4 Å². The van der Waals surface area contributed by atoms with Gasteiger partial charge < -0.3 is 14.2 Å². The molecule has 1 unspecified atom stereocenters. The van der Waals surface area contributed by atoms with Gasteiger partial charge in [0.25, 0.3) is 0 Å². The molecule has 6 nitrogen and oxygen atoms in total.